The van der Waals surface area contributed by atoms with E-state index in [2.05, 4.69) is 93.2 Å². The Morgan fingerprint density at radius 2 is 0.876 bits per heavy atom. The molecule has 2 aliphatic heterocycles. The molecule has 137 heavy (non-hydrogen) atoms. The van der Waals surface area contributed by atoms with E-state index < -0.39 is 29.4 Å². The fraction of sp³-hybridized carbons (Fsp3) is 0.243. The monoisotopic (exact) mass is 1880 g/mol. The van der Waals surface area contributed by atoms with Crippen LogP contribution in [0.1, 0.15) is 157 Å². The number of pyridine rings is 1. The van der Waals surface area contributed by atoms with Gasteiger partial charge in [-0.3, -0.25) is 34.0 Å². The van der Waals surface area contributed by atoms with Gasteiger partial charge in [-0.25, -0.2) is 56.4 Å². The zero-order valence-corrected chi connectivity index (χ0v) is 78.4. The normalized spacial score (nSPS) is 12.5. The van der Waals surface area contributed by atoms with Crippen molar-refractivity contribution in [2.75, 3.05) is 29.7 Å². The number of aliphatic imine (C=N–C) groups is 2. The molecule has 16 rings (SSSR count). The van der Waals surface area contributed by atoms with Crippen LogP contribution in [0.25, 0.3) is 73.8 Å². The molecule has 7 aromatic carbocycles. The van der Waals surface area contributed by atoms with Crippen LogP contribution in [0.5, 0.6) is 5.75 Å². The van der Waals surface area contributed by atoms with E-state index >= 15 is 0 Å². The predicted octanol–water partition coefficient (Wildman–Crippen LogP) is 20.5. The number of ether oxygens (including phenoxy) is 1. The second kappa shape index (κ2) is 41.5. The zero-order valence-electron chi connectivity index (χ0n) is 77.7. The van der Waals surface area contributed by atoms with Gasteiger partial charge in [0.1, 0.15) is 70.4 Å². The van der Waals surface area contributed by atoms with Crippen molar-refractivity contribution in [1.82, 2.24) is 58.1 Å². The minimum absolute atomic E-state index is 0.000148. The summed E-state index contributed by atoms with van der Waals surface area (Å²) in [6, 6.07) is 40.4. The molecule has 2 aliphatic rings. The third kappa shape index (κ3) is 23.8. The van der Waals surface area contributed by atoms with Gasteiger partial charge in [-0.05, 0) is 234 Å². The number of Topliss-reactive ketones (excluding diaryl/α,β-unsaturated/α-hetero) is 1. The van der Waals surface area contributed by atoms with Gasteiger partial charge in [0.2, 0.25) is 12.0 Å². The number of rotatable bonds is 24. The molecule has 3 amide bonds. The average Bonchev–Trinajstić information content (AvgIpc) is 1.63. The number of aromatic nitrogens is 13. The minimum Gasteiger partial charge on any atom is -0.508 e. The van der Waals surface area contributed by atoms with Crippen LogP contribution in [0.4, 0.5) is 43.4 Å². The lowest BCUT2D eigenvalue weighted by Gasteiger charge is -2.24. The fourth-order valence-corrected chi connectivity index (χ4v) is 15.1. The quantitative estimate of drug-likeness (QED) is 0.0121. The highest BCUT2D eigenvalue weighted by Crippen LogP contribution is 2.40. The van der Waals surface area contributed by atoms with Gasteiger partial charge in [0.15, 0.2) is 23.6 Å². The zero-order chi connectivity index (χ0) is 98.9. The number of aliphatic carboxylic acids is 1. The van der Waals surface area contributed by atoms with Crippen molar-refractivity contribution in [2.24, 2.45) is 17.0 Å². The first-order valence-corrected chi connectivity index (χ1v) is 43.8. The van der Waals surface area contributed by atoms with E-state index in [1.54, 1.807) is 134 Å². The Morgan fingerprint density at radius 1 is 0.482 bits per heavy atom. The number of anilines is 3. The molecule has 706 valence electrons. The number of carboxylic acid groups (broad SMARTS) is 1. The van der Waals surface area contributed by atoms with Crippen molar-refractivity contribution >= 4 is 75.3 Å². The topological polar surface area (TPSA) is 349 Å². The number of carbonyl (C=O) groups excluding carboxylic acids is 4. The van der Waals surface area contributed by atoms with E-state index in [4.69, 9.17) is 26.6 Å². The Morgan fingerprint density at radius 3 is 1.28 bits per heavy atom. The summed E-state index contributed by atoms with van der Waals surface area (Å²) < 4.78 is 97.4. The van der Waals surface area contributed by atoms with Crippen molar-refractivity contribution in [1.29, 1.82) is 0 Å². The van der Waals surface area contributed by atoms with Gasteiger partial charge in [-0.2, -0.15) is 4.39 Å². The highest BCUT2D eigenvalue weighted by atomic mass is 35.5. The van der Waals surface area contributed by atoms with Gasteiger partial charge >= 0.3 is 5.97 Å². The van der Waals surface area contributed by atoms with Gasteiger partial charge in [0, 0.05) is 117 Å². The second-order valence-corrected chi connectivity index (χ2v) is 36.8. The number of carboxylic acids is 1. The van der Waals surface area contributed by atoms with Gasteiger partial charge in [0.05, 0.1) is 112 Å². The number of carbonyl (C=O) groups is 5. The first kappa shape index (κ1) is 99.0. The Labute approximate surface area is 791 Å². The largest absolute Gasteiger partial charge is 0.508 e. The van der Waals surface area contributed by atoms with Gasteiger partial charge in [0.25, 0.3) is 17.7 Å². The number of halogens is 7. The standard InChI is InChI=1S/C27H26F2N4O3.C27H27FN4O3.C26H26ClFN4O2.C23H22F2N6O/c1-27(2,3)33-15-31-24(17-6-8-19(28)9-7-17)25(33)22-13-18(14-30-22)26(36)32-21-10-4-16(12-20(21)29)5-11-23(34)35;1-16(33)18-6-7-19(23(13-18)35-5)12-22(34)21-14-29-26(31-21)25-24(17-8-10-20(28)11-9-17)30-15-32(25)27(2,3)4;1-26(2,3)32-15-30-23(17-5-7-19(28)8-6-17)24(32)22-13-18(14-29-22)25(34)31-21-9-4-16(10-11-33)12-20(21)27;1-23(2,3)31-13-27-19(14-5-7-15(24)8-6-14)20(31)21-26-11-18(28-21)22(32)29-17-9-10-30(4)12-16(17)25/h4,6-10,12,14-15H,5,11,13H2,1-3H3,(H,32,36)(H,34,35);6-11,13-15,33H,1,12H2,2-5H3,(H,29,31);4-9,12,14-15,33H,10-11,13H2,1-3H3,(H,31,34);5-13H,1-4H3,(H,26,28,32)/p+1. The number of aliphatic hydroxyl groups excluding tert-OH is 2. The summed E-state index contributed by atoms with van der Waals surface area (Å²) in [4.78, 5) is 105. The van der Waals surface area contributed by atoms with Crippen molar-refractivity contribution in [3.8, 4) is 73.8 Å². The lowest BCUT2D eigenvalue weighted by atomic mass is 10.0. The summed E-state index contributed by atoms with van der Waals surface area (Å²) in [6.45, 7) is 28.0. The van der Waals surface area contributed by atoms with Crippen molar-refractivity contribution in [3.05, 3.63) is 323 Å². The van der Waals surface area contributed by atoms with Crippen LogP contribution in [0.2, 0.25) is 5.02 Å². The average molecular weight is 1890 g/mol. The number of hydrogen-bond donors (Lipinski definition) is 8. The summed E-state index contributed by atoms with van der Waals surface area (Å²) in [5, 5.41) is 35.9. The van der Waals surface area contributed by atoms with E-state index in [1.165, 1.54) is 98.6 Å². The van der Waals surface area contributed by atoms with Crippen LogP contribution in [0.3, 0.4) is 0 Å². The predicted molar refractivity (Wildman–Crippen MR) is 514 cm³/mol. The lowest BCUT2D eigenvalue weighted by Crippen LogP contribution is -2.28. The number of nitrogens with one attached hydrogen (secondary N) is 5. The maximum absolute atomic E-state index is 14.5. The molecule has 34 heteroatoms. The smallest absolute Gasteiger partial charge is 0.303 e. The molecule has 0 saturated heterocycles. The van der Waals surface area contributed by atoms with Crippen LogP contribution < -0.4 is 25.3 Å². The third-order valence-electron chi connectivity index (χ3n) is 22.0. The number of imidazole rings is 6. The highest BCUT2D eigenvalue weighted by molar-refractivity contribution is 6.34. The van der Waals surface area contributed by atoms with Gasteiger partial charge in [-0.1, -0.05) is 42.4 Å². The molecule has 14 aromatic rings. The first-order chi connectivity index (χ1) is 64.9. The number of aliphatic hydroxyl groups is 2. The number of ketones is 1. The Kier molecular flexibility index (Phi) is 30.0. The SMILES string of the molecule is C=C(O)c1ccc(CC(=O)c2cnc(-c3c(-c4ccc(F)cc4)ncn3C(C)(C)C)[nH]2)c(OC)c1.CC(C)(C)n1cnc(-c2ccc(F)cc2)c1C1=NC=C(C(=O)Nc2ccc(CCC(=O)O)cc2F)C1.CC(C)(C)n1cnc(-c2ccc(F)cc2)c1C1=NC=C(C(=O)Nc2ccc(CCO)cc2Cl)C1.C[n+]1ccc(NC(=O)c2cnc(-c3c(-c4ccc(F)cc4)ncn3C(C)(C)C)[nH]2)c(F)c1. The number of aryl methyl sites for hydroxylation is 2. The number of hydrogen-bond acceptors (Lipinski definition) is 16. The molecule has 7 aromatic heterocycles. The highest BCUT2D eigenvalue weighted by Gasteiger charge is 2.34. The number of H-pyrrole nitrogens is 2. The molecular weight excluding hydrogens is 1780 g/mol. The van der Waals surface area contributed by atoms with Crippen molar-refractivity contribution in [3.63, 3.8) is 0 Å². The Hall–Kier alpha value is -15.5. The lowest BCUT2D eigenvalue weighted by molar-refractivity contribution is -0.672. The Bertz CT molecular complexity index is 7020. The molecular formula is C103H102ClF6N18O9+. The summed E-state index contributed by atoms with van der Waals surface area (Å²) in [6.07, 6.45) is 16.9. The van der Waals surface area contributed by atoms with Crippen molar-refractivity contribution < 1.29 is 74.9 Å². The van der Waals surface area contributed by atoms with E-state index in [9.17, 15) is 55.4 Å². The molecule has 0 atom stereocenters. The van der Waals surface area contributed by atoms with E-state index in [0.717, 1.165) is 33.6 Å². The fourth-order valence-electron chi connectivity index (χ4n) is 14.9. The first-order valence-electron chi connectivity index (χ1n) is 43.5. The number of nitrogens with zero attached hydrogens (tertiary/aromatic N) is 13. The van der Waals surface area contributed by atoms with Crippen LogP contribution in [-0.2, 0) is 62.8 Å². The number of benzene rings is 7. The van der Waals surface area contributed by atoms with Crippen LogP contribution in [0.15, 0.2) is 248 Å². The molecule has 0 aliphatic carbocycles. The molecule has 0 bridgehead atoms. The van der Waals surface area contributed by atoms with Gasteiger partial charge < -0.3 is 64.2 Å². The molecule has 9 heterocycles. The van der Waals surface area contributed by atoms with Crippen LogP contribution in [-0.4, -0.2) is 128 Å². The molecule has 0 radical (unpaired) electrons. The van der Waals surface area contributed by atoms with Crippen LogP contribution in [0, 0.1) is 34.9 Å². The summed E-state index contributed by atoms with van der Waals surface area (Å²) in [5.41, 5.74) is 13.0. The second-order valence-electron chi connectivity index (χ2n) is 36.4. The molecule has 8 N–H and O–H groups in total. The van der Waals surface area contributed by atoms with Crippen molar-refractivity contribution in [2.45, 2.75) is 144 Å². The summed E-state index contributed by atoms with van der Waals surface area (Å²) in [5.74, 6) is -3.68. The number of methoxy groups -OCH3 is 1. The molecule has 0 fully saturated rings. The summed E-state index contributed by atoms with van der Waals surface area (Å²) in [7, 11) is 3.19. The third-order valence-corrected chi connectivity index (χ3v) is 22.3. The number of aromatic amines is 2. The molecule has 0 spiro atoms. The van der Waals surface area contributed by atoms with Crippen LogP contribution >= 0.6 is 11.6 Å². The van der Waals surface area contributed by atoms with E-state index in [0.29, 0.717) is 126 Å². The molecule has 27 nitrogen and oxygen atoms in total. The Balaban J connectivity index is 0.000000154. The molecule has 0 saturated carbocycles. The van der Waals surface area contributed by atoms with E-state index in [1.807, 2.05) is 86.6 Å². The maximum Gasteiger partial charge on any atom is 0.303 e. The van der Waals surface area contributed by atoms with E-state index in [-0.39, 0.29) is 112 Å². The minimum atomic E-state index is -0.966. The summed E-state index contributed by atoms with van der Waals surface area (Å²) >= 11 is 6.31. The molecule has 0 unspecified atom stereocenters. The van der Waals surface area contributed by atoms with Gasteiger partial charge in [-0.15, -0.1) is 0 Å². The number of amides is 3. The maximum atomic E-state index is 14.5.